The number of carbonyl (C=O) groups is 1. The van der Waals surface area contributed by atoms with Crippen molar-refractivity contribution >= 4 is 29.1 Å². The van der Waals surface area contributed by atoms with Gasteiger partial charge in [-0.25, -0.2) is 0 Å². The first kappa shape index (κ1) is 17.1. The maximum Gasteiger partial charge on any atom is 0.249 e. The van der Waals surface area contributed by atoms with E-state index in [0.29, 0.717) is 41.1 Å². The minimum atomic E-state index is -0.243. The van der Waals surface area contributed by atoms with Gasteiger partial charge in [-0.05, 0) is 42.3 Å². The first-order valence-corrected chi connectivity index (χ1v) is 9.00. The first-order valence-electron chi connectivity index (χ1n) is 8.24. The van der Waals surface area contributed by atoms with Crippen LogP contribution >= 0.6 is 23.2 Å². The van der Waals surface area contributed by atoms with Crippen LogP contribution in [0.25, 0.3) is 11.4 Å². The van der Waals surface area contributed by atoms with E-state index in [1.807, 2.05) is 36.4 Å². The molecule has 132 valence electrons. The van der Waals surface area contributed by atoms with Crippen LogP contribution in [0.15, 0.2) is 53.1 Å². The number of carbonyl (C=O) groups excluding carboxylic acids is 1. The van der Waals surface area contributed by atoms with Crippen molar-refractivity contribution in [3.8, 4) is 11.4 Å². The van der Waals surface area contributed by atoms with E-state index in [2.05, 4.69) is 10.1 Å². The molecule has 1 atom stereocenters. The molecule has 1 fully saturated rings. The fraction of sp³-hybridized carbons (Fsp3) is 0.211. The predicted molar refractivity (Wildman–Crippen MR) is 98.7 cm³/mol. The van der Waals surface area contributed by atoms with Crippen LogP contribution in [0.5, 0.6) is 0 Å². The third-order valence-corrected chi connectivity index (χ3v) is 5.08. The summed E-state index contributed by atoms with van der Waals surface area (Å²) in [7, 11) is 0. The van der Waals surface area contributed by atoms with Crippen molar-refractivity contribution in [3.63, 3.8) is 0 Å². The largest absolute Gasteiger partial charge is 0.337 e. The minimum Gasteiger partial charge on any atom is -0.337 e. The van der Waals surface area contributed by atoms with E-state index in [1.165, 1.54) is 0 Å². The Balaban J connectivity index is 1.59. The topological polar surface area (TPSA) is 59.2 Å². The van der Waals surface area contributed by atoms with Crippen LogP contribution in [0.1, 0.15) is 30.3 Å². The molecule has 0 saturated carbocycles. The van der Waals surface area contributed by atoms with Crippen molar-refractivity contribution in [1.29, 1.82) is 0 Å². The Bertz CT molecular complexity index is 940. The zero-order valence-corrected chi connectivity index (χ0v) is 15.2. The molecular formula is C19H15Cl2N3O2. The Morgan fingerprint density at radius 3 is 2.65 bits per heavy atom. The van der Waals surface area contributed by atoms with Gasteiger partial charge in [-0.3, -0.25) is 4.79 Å². The lowest BCUT2D eigenvalue weighted by atomic mass is 10.1. The van der Waals surface area contributed by atoms with Crippen molar-refractivity contribution in [2.24, 2.45) is 0 Å². The van der Waals surface area contributed by atoms with Crippen molar-refractivity contribution in [2.45, 2.75) is 25.4 Å². The van der Waals surface area contributed by atoms with E-state index in [4.69, 9.17) is 27.7 Å². The lowest BCUT2D eigenvalue weighted by molar-refractivity contribution is -0.129. The molecule has 26 heavy (non-hydrogen) atoms. The number of aromatic nitrogens is 2. The van der Waals surface area contributed by atoms with Crippen LogP contribution in [0.2, 0.25) is 10.0 Å². The maximum absolute atomic E-state index is 12.4. The maximum atomic E-state index is 12.4. The minimum absolute atomic E-state index is 0.0566. The van der Waals surface area contributed by atoms with E-state index in [-0.39, 0.29) is 11.9 Å². The van der Waals surface area contributed by atoms with Gasteiger partial charge in [0.15, 0.2) is 0 Å². The quantitative estimate of drug-likeness (QED) is 0.638. The van der Waals surface area contributed by atoms with Gasteiger partial charge < -0.3 is 9.42 Å². The van der Waals surface area contributed by atoms with Crippen LogP contribution in [-0.2, 0) is 11.3 Å². The summed E-state index contributed by atoms with van der Waals surface area (Å²) in [5.74, 6) is 0.975. The molecule has 2 aromatic carbocycles. The summed E-state index contributed by atoms with van der Waals surface area (Å²) in [6, 6.07) is 14.5. The highest BCUT2D eigenvalue weighted by atomic mass is 35.5. The second-order valence-corrected chi connectivity index (χ2v) is 6.97. The van der Waals surface area contributed by atoms with Gasteiger partial charge >= 0.3 is 0 Å². The molecule has 2 heterocycles. The Labute approximate surface area is 160 Å². The molecule has 7 heteroatoms. The zero-order valence-electron chi connectivity index (χ0n) is 13.7. The molecule has 0 radical (unpaired) electrons. The molecule has 0 bridgehead atoms. The zero-order chi connectivity index (χ0) is 18.1. The van der Waals surface area contributed by atoms with Crippen LogP contribution in [0.3, 0.4) is 0 Å². The third-order valence-electron chi connectivity index (χ3n) is 4.46. The number of likely N-dealkylation sites (tertiary alicyclic amines) is 1. The molecule has 1 aliphatic rings. The molecule has 1 saturated heterocycles. The molecule has 4 rings (SSSR count). The predicted octanol–water partition coefficient (Wildman–Crippen LogP) is 4.91. The molecule has 1 unspecified atom stereocenters. The lowest BCUT2D eigenvalue weighted by Gasteiger charge is -2.22. The molecule has 0 spiro atoms. The monoisotopic (exact) mass is 387 g/mol. The van der Waals surface area contributed by atoms with Gasteiger partial charge in [0.05, 0.1) is 0 Å². The number of benzene rings is 2. The van der Waals surface area contributed by atoms with Gasteiger partial charge in [-0.2, -0.15) is 4.98 Å². The lowest BCUT2D eigenvalue weighted by Crippen LogP contribution is -2.27. The summed E-state index contributed by atoms with van der Waals surface area (Å²) in [5, 5.41) is 5.33. The Morgan fingerprint density at radius 1 is 1.12 bits per heavy atom. The molecule has 0 aliphatic carbocycles. The first-order chi connectivity index (χ1) is 12.6. The summed E-state index contributed by atoms with van der Waals surface area (Å²) < 4.78 is 5.46. The number of hydrogen-bond donors (Lipinski definition) is 0. The molecule has 1 amide bonds. The van der Waals surface area contributed by atoms with E-state index in [9.17, 15) is 4.79 Å². The molecule has 1 aromatic heterocycles. The summed E-state index contributed by atoms with van der Waals surface area (Å²) in [6.45, 7) is 0.418. The Kier molecular flexibility index (Phi) is 4.66. The molecular weight excluding hydrogens is 373 g/mol. The summed E-state index contributed by atoms with van der Waals surface area (Å²) in [4.78, 5) is 18.6. The number of halogens is 2. The second-order valence-electron chi connectivity index (χ2n) is 6.13. The number of hydrogen-bond acceptors (Lipinski definition) is 4. The highest BCUT2D eigenvalue weighted by molar-refractivity contribution is 6.31. The second kappa shape index (κ2) is 7.09. The van der Waals surface area contributed by atoms with E-state index in [0.717, 1.165) is 11.1 Å². The summed E-state index contributed by atoms with van der Waals surface area (Å²) >= 11 is 12.2. The molecule has 3 aromatic rings. The van der Waals surface area contributed by atoms with E-state index >= 15 is 0 Å². The third kappa shape index (κ3) is 3.32. The molecule has 0 N–H and O–H groups in total. The van der Waals surface area contributed by atoms with Crippen LogP contribution < -0.4 is 0 Å². The van der Waals surface area contributed by atoms with Crippen molar-refractivity contribution < 1.29 is 9.32 Å². The average Bonchev–Trinajstić information content (AvgIpc) is 3.25. The molecule has 1 aliphatic heterocycles. The summed E-state index contributed by atoms with van der Waals surface area (Å²) in [6.07, 6.45) is 1.10. The Morgan fingerprint density at radius 2 is 1.88 bits per heavy atom. The summed E-state index contributed by atoms with van der Waals surface area (Å²) in [5.41, 5.74) is 1.71. The van der Waals surface area contributed by atoms with Crippen molar-refractivity contribution in [1.82, 2.24) is 15.0 Å². The van der Waals surface area contributed by atoms with Gasteiger partial charge in [0.2, 0.25) is 17.6 Å². The van der Waals surface area contributed by atoms with Gasteiger partial charge in [0, 0.05) is 28.6 Å². The van der Waals surface area contributed by atoms with Gasteiger partial charge in [0.25, 0.3) is 0 Å². The number of nitrogens with zero attached hydrogens (tertiary/aromatic N) is 3. The standard InChI is InChI=1S/C19H15Cl2N3O2/c20-14-7-5-12(6-8-14)18-22-19(26-23-18)16-9-10-17(25)24(16)11-13-3-1-2-4-15(13)21/h1-8,16H,9-11H2. The Hall–Kier alpha value is -2.37. The van der Waals surface area contributed by atoms with Crippen molar-refractivity contribution in [2.75, 3.05) is 0 Å². The van der Waals surface area contributed by atoms with E-state index < -0.39 is 0 Å². The molecule has 5 nitrogen and oxygen atoms in total. The number of amides is 1. The fourth-order valence-corrected chi connectivity index (χ4v) is 3.41. The van der Waals surface area contributed by atoms with Crippen LogP contribution in [-0.4, -0.2) is 20.9 Å². The smallest absolute Gasteiger partial charge is 0.249 e. The van der Waals surface area contributed by atoms with Crippen LogP contribution in [0, 0.1) is 0 Å². The average molecular weight is 388 g/mol. The highest BCUT2D eigenvalue weighted by Crippen LogP contribution is 2.35. The van der Waals surface area contributed by atoms with Gasteiger partial charge in [0.1, 0.15) is 6.04 Å². The highest BCUT2D eigenvalue weighted by Gasteiger charge is 2.36. The van der Waals surface area contributed by atoms with Crippen LogP contribution in [0.4, 0.5) is 0 Å². The fourth-order valence-electron chi connectivity index (χ4n) is 3.09. The number of rotatable bonds is 4. The van der Waals surface area contributed by atoms with Gasteiger partial charge in [-0.1, -0.05) is 46.6 Å². The SMILES string of the molecule is O=C1CCC(c2nc(-c3ccc(Cl)cc3)no2)N1Cc1ccccc1Cl. The van der Waals surface area contributed by atoms with Gasteiger partial charge in [-0.15, -0.1) is 0 Å². The van der Waals surface area contributed by atoms with Crippen molar-refractivity contribution in [3.05, 3.63) is 70.0 Å². The van der Waals surface area contributed by atoms with E-state index in [1.54, 1.807) is 17.0 Å². The normalized spacial score (nSPS) is 17.1.